The van der Waals surface area contributed by atoms with E-state index in [1.54, 1.807) is 0 Å². The molecule has 0 fully saturated rings. The third-order valence-corrected chi connectivity index (χ3v) is 2.19. The summed E-state index contributed by atoms with van der Waals surface area (Å²) in [6.07, 6.45) is 3.91. The van der Waals surface area contributed by atoms with Gasteiger partial charge in [0.15, 0.2) is 0 Å². The first-order chi connectivity index (χ1) is 6.13. The quantitative estimate of drug-likeness (QED) is 0.769. The van der Waals surface area contributed by atoms with Crippen LogP contribution in [0.4, 0.5) is 0 Å². The molecule has 3 heteroatoms. The summed E-state index contributed by atoms with van der Waals surface area (Å²) < 4.78 is 1.97. The van der Waals surface area contributed by atoms with E-state index in [4.69, 9.17) is 5.73 Å². The molecule has 0 saturated carbocycles. The highest BCUT2D eigenvalue weighted by molar-refractivity contribution is 5.01. The standard InChI is InChI=1S/C10H19N3/c1-4-9(11)7-10-5-6-13(12-10)8(2)3/h5-6,8-9H,4,7,11H2,1-3H3. The summed E-state index contributed by atoms with van der Waals surface area (Å²) in [6, 6.07) is 2.73. The fourth-order valence-electron chi connectivity index (χ4n) is 1.19. The highest BCUT2D eigenvalue weighted by atomic mass is 15.3. The third kappa shape index (κ3) is 2.84. The summed E-state index contributed by atoms with van der Waals surface area (Å²) in [5.74, 6) is 0. The van der Waals surface area contributed by atoms with E-state index in [0.717, 1.165) is 18.5 Å². The average molecular weight is 181 g/mol. The number of nitrogens with zero attached hydrogens (tertiary/aromatic N) is 2. The monoisotopic (exact) mass is 181 g/mol. The molecule has 3 nitrogen and oxygen atoms in total. The van der Waals surface area contributed by atoms with Gasteiger partial charge < -0.3 is 5.73 Å². The Morgan fingerprint density at radius 3 is 2.69 bits per heavy atom. The van der Waals surface area contributed by atoms with Gasteiger partial charge in [0, 0.05) is 24.7 Å². The van der Waals surface area contributed by atoms with Gasteiger partial charge in [0.05, 0.1) is 5.69 Å². The van der Waals surface area contributed by atoms with Crippen molar-refractivity contribution in [1.29, 1.82) is 0 Å². The van der Waals surface area contributed by atoms with Crippen molar-refractivity contribution in [3.8, 4) is 0 Å². The lowest BCUT2D eigenvalue weighted by atomic mass is 10.1. The van der Waals surface area contributed by atoms with Crippen LogP contribution >= 0.6 is 0 Å². The molecule has 1 aromatic rings. The first kappa shape index (κ1) is 10.3. The van der Waals surface area contributed by atoms with Crippen LogP contribution < -0.4 is 5.73 Å². The van der Waals surface area contributed by atoms with Crippen molar-refractivity contribution >= 4 is 0 Å². The van der Waals surface area contributed by atoms with E-state index in [1.807, 2.05) is 10.9 Å². The summed E-state index contributed by atoms with van der Waals surface area (Å²) in [4.78, 5) is 0. The zero-order valence-corrected chi connectivity index (χ0v) is 8.70. The van der Waals surface area contributed by atoms with Gasteiger partial charge in [-0.05, 0) is 26.3 Å². The van der Waals surface area contributed by atoms with E-state index in [9.17, 15) is 0 Å². The average Bonchev–Trinajstić information content (AvgIpc) is 2.52. The summed E-state index contributed by atoms with van der Waals surface area (Å²) in [5.41, 5.74) is 6.94. The molecule has 0 spiro atoms. The maximum absolute atomic E-state index is 5.84. The van der Waals surface area contributed by atoms with Crippen molar-refractivity contribution in [2.75, 3.05) is 0 Å². The molecule has 0 aromatic carbocycles. The van der Waals surface area contributed by atoms with E-state index >= 15 is 0 Å². The number of hydrogen-bond acceptors (Lipinski definition) is 2. The molecule has 1 unspecified atom stereocenters. The number of aromatic nitrogens is 2. The minimum absolute atomic E-state index is 0.246. The second kappa shape index (κ2) is 4.42. The zero-order chi connectivity index (χ0) is 9.84. The number of rotatable bonds is 4. The predicted octanol–water partition coefficient (Wildman–Crippen LogP) is 1.74. The summed E-state index contributed by atoms with van der Waals surface area (Å²) in [5, 5.41) is 4.43. The van der Waals surface area contributed by atoms with Gasteiger partial charge in [0.1, 0.15) is 0 Å². The molecule has 0 bridgehead atoms. The minimum Gasteiger partial charge on any atom is -0.327 e. The molecule has 0 aliphatic heterocycles. The second-order valence-corrected chi connectivity index (χ2v) is 3.75. The Hall–Kier alpha value is -0.830. The first-order valence-corrected chi connectivity index (χ1v) is 4.93. The van der Waals surface area contributed by atoms with Crippen LogP contribution in [0.3, 0.4) is 0 Å². The van der Waals surface area contributed by atoms with E-state index < -0.39 is 0 Å². The van der Waals surface area contributed by atoms with Crippen molar-refractivity contribution in [2.45, 2.75) is 45.7 Å². The number of hydrogen-bond donors (Lipinski definition) is 1. The Morgan fingerprint density at radius 2 is 2.23 bits per heavy atom. The lowest BCUT2D eigenvalue weighted by Crippen LogP contribution is -2.21. The fourth-order valence-corrected chi connectivity index (χ4v) is 1.19. The topological polar surface area (TPSA) is 43.8 Å². The molecule has 0 aliphatic rings. The van der Waals surface area contributed by atoms with Crippen LogP contribution in [-0.2, 0) is 6.42 Å². The normalized spacial score (nSPS) is 13.6. The van der Waals surface area contributed by atoms with Crippen molar-refractivity contribution in [2.24, 2.45) is 5.73 Å². The SMILES string of the molecule is CCC(N)Cc1ccn(C(C)C)n1. The van der Waals surface area contributed by atoms with Gasteiger partial charge in [-0.1, -0.05) is 6.92 Å². The smallest absolute Gasteiger partial charge is 0.0640 e. The fraction of sp³-hybridized carbons (Fsp3) is 0.700. The van der Waals surface area contributed by atoms with Gasteiger partial charge >= 0.3 is 0 Å². The zero-order valence-electron chi connectivity index (χ0n) is 8.70. The maximum Gasteiger partial charge on any atom is 0.0640 e. The summed E-state index contributed by atoms with van der Waals surface area (Å²) in [7, 11) is 0. The molecule has 1 heterocycles. The van der Waals surface area contributed by atoms with E-state index in [2.05, 4.69) is 31.9 Å². The van der Waals surface area contributed by atoms with Gasteiger partial charge in [-0.2, -0.15) is 5.10 Å². The Kier molecular flexibility index (Phi) is 3.48. The van der Waals surface area contributed by atoms with Crippen LogP contribution in [0.2, 0.25) is 0 Å². The largest absolute Gasteiger partial charge is 0.327 e. The molecule has 0 radical (unpaired) electrons. The van der Waals surface area contributed by atoms with Crippen LogP contribution in [0.1, 0.15) is 38.9 Å². The van der Waals surface area contributed by atoms with Crippen LogP contribution in [0.15, 0.2) is 12.3 Å². The van der Waals surface area contributed by atoms with Crippen molar-refractivity contribution in [1.82, 2.24) is 9.78 Å². The maximum atomic E-state index is 5.84. The van der Waals surface area contributed by atoms with Gasteiger partial charge in [-0.15, -0.1) is 0 Å². The molecule has 1 atom stereocenters. The highest BCUT2D eigenvalue weighted by Crippen LogP contribution is 2.06. The first-order valence-electron chi connectivity index (χ1n) is 4.93. The van der Waals surface area contributed by atoms with Crippen molar-refractivity contribution < 1.29 is 0 Å². The summed E-state index contributed by atoms with van der Waals surface area (Å²) in [6.45, 7) is 6.34. The Bertz CT molecular complexity index is 252. The highest BCUT2D eigenvalue weighted by Gasteiger charge is 2.05. The predicted molar refractivity (Wildman–Crippen MR) is 54.6 cm³/mol. The molecule has 1 rings (SSSR count). The van der Waals surface area contributed by atoms with Crippen LogP contribution in [0.25, 0.3) is 0 Å². The van der Waals surface area contributed by atoms with Crippen LogP contribution in [0.5, 0.6) is 0 Å². The lowest BCUT2D eigenvalue weighted by Gasteiger charge is -2.06. The third-order valence-electron chi connectivity index (χ3n) is 2.19. The second-order valence-electron chi connectivity index (χ2n) is 3.75. The lowest BCUT2D eigenvalue weighted by molar-refractivity contribution is 0.520. The Balaban J connectivity index is 2.58. The molecule has 2 N–H and O–H groups in total. The van der Waals surface area contributed by atoms with Crippen molar-refractivity contribution in [3.05, 3.63) is 18.0 Å². The van der Waals surface area contributed by atoms with Crippen LogP contribution in [-0.4, -0.2) is 15.8 Å². The van der Waals surface area contributed by atoms with Crippen molar-refractivity contribution in [3.63, 3.8) is 0 Å². The van der Waals surface area contributed by atoms with Crippen LogP contribution in [0, 0.1) is 0 Å². The summed E-state index contributed by atoms with van der Waals surface area (Å²) >= 11 is 0. The van der Waals surface area contributed by atoms with E-state index in [-0.39, 0.29) is 6.04 Å². The molecule has 1 aromatic heterocycles. The molecule has 0 saturated heterocycles. The van der Waals surface area contributed by atoms with E-state index in [0.29, 0.717) is 6.04 Å². The Labute approximate surface area is 79.9 Å². The molecule has 13 heavy (non-hydrogen) atoms. The van der Waals surface area contributed by atoms with E-state index in [1.165, 1.54) is 0 Å². The van der Waals surface area contributed by atoms with Gasteiger partial charge in [0.25, 0.3) is 0 Å². The molecular formula is C10H19N3. The molecule has 74 valence electrons. The minimum atomic E-state index is 0.246. The molecule has 0 amide bonds. The number of nitrogens with two attached hydrogens (primary N) is 1. The molecule has 0 aliphatic carbocycles. The molecular weight excluding hydrogens is 162 g/mol. The van der Waals surface area contributed by atoms with Gasteiger partial charge in [-0.3, -0.25) is 4.68 Å². The van der Waals surface area contributed by atoms with Gasteiger partial charge in [0.2, 0.25) is 0 Å². The Morgan fingerprint density at radius 1 is 1.54 bits per heavy atom. The van der Waals surface area contributed by atoms with Gasteiger partial charge in [-0.25, -0.2) is 0 Å².